The minimum absolute atomic E-state index is 0.00660. The molecule has 1 aromatic rings. The normalized spacial score (nSPS) is 17.0. The number of benzene rings is 1. The molecule has 1 aliphatic heterocycles. The Bertz CT molecular complexity index is 556. The summed E-state index contributed by atoms with van der Waals surface area (Å²) in [7, 11) is 0. The van der Waals surface area contributed by atoms with Gasteiger partial charge in [-0.15, -0.1) is 0 Å². The van der Waals surface area contributed by atoms with Crippen molar-refractivity contribution in [2.75, 3.05) is 18.5 Å². The molecule has 0 spiro atoms. The monoisotopic (exact) mass is 307 g/mol. The highest BCUT2D eigenvalue weighted by atomic mass is 16.6. The molecule has 1 fully saturated rings. The van der Waals surface area contributed by atoms with Crippen LogP contribution in [0.15, 0.2) is 18.2 Å². The number of nitrogens with one attached hydrogen (secondary N) is 1. The van der Waals surface area contributed by atoms with E-state index in [1.54, 1.807) is 12.1 Å². The predicted octanol–water partition coefficient (Wildman–Crippen LogP) is 1.99. The fourth-order valence-electron chi connectivity index (χ4n) is 2.79. The molecule has 7 heteroatoms. The zero-order valence-electron chi connectivity index (χ0n) is 12.6. The van der Waals surface area contributed by atoms with Gasteiger partial charge in [-0.3, -0.25) is 14.9 Å². The minimum Gasteiger partial charge on any atom is -0.381 e. The smallest absolute Gasteiger partial charge is 0.292 e. The molecule has 7 nitrogen and oxygen atoms in total. The van der Waals surface area contributed by atoms with E-state index < -0.39 is 10.8 Å². The third-order valence-corrected chi connectivity index (χ3v) is 3.95. The molecule has 1 amide bonds. The Kier molecular flexibility index (Phi) is 5.32. The Balaban J connectivity index is 2.23. The van der Waals surface area contributed by atoms with Crippen LogP contribution < -0.4 is 11.1 Å². The third kappa shape index (κ3) is 4.17. The summed E-state index contributed by atoms with van der Waals surface area (Å²) < 4.78 is 5.33. The summed E-state index contributed by atoms with van der Waals surface area (Å²) in [5, 5.41) is 14.3. The maximum absolute atomic E-state index is 11.3. The van der Waals surface area contributed by atoms with Crippen molar-refractivity contribution >= 4 is 17.3 Å². The lowest BCUT2D eigenvalue weighted by molar-refractivity contribution is -0.384. The van der Waals surface area contributed by atoms with Crippen LogP contribution in [0, 0.1) is 23.0 Å². The molecule has 1 aromatic carbocycles. The van der Waals surface area contributed by atoms with Gasteiger partial charge in [0.1, 0.15) is 5.69 Å². The van der Waals surface area contributed by atoms with E-state index in [1.807, 2.05) is 6.92 Å². The van der Waals surface area contributed by atoms with Crippen molar-refractivity contribution in [2.45, 2.75) is 32.2 Å². The average molecular weight is 307 g/mol. The van der Waals surface area contributed by atoms with Gasteiger partial charge >= 0.3 is 0 Å². The SMILES string of the molecule is Cc1ccc([N+](=O)[O-])c(N[C@H](CC(N)=O)C2CCOCC2)c1. The van der Waals surface area contributed by atoms with Gasteiger partial charge in [0.05, 0.1) is 4.92 Å². The lowest BCUT2D eigenvalue weighted by atomic mass is 9.89. The molecular weight excluding hydrogens is 286 g/mol. The molecule has 1 heterocycles. The van der Waals surface area contributed by atoms with E-state index in [4.69, 9.17) is 10.5 Å². The van der Waals surface area contributed by atoms with Gasteiger partial charge in [0, 0.05) is 31.7 Å². The topological polar surface area (TPSA) is 107 Å². The zero-order valence-corrected chi connectivity index (χ0v) is 12.6. The zero-order chi connectivity index (χ0) is 16.1. The van der Waals surface area contributed by atoms with Crippen molar-refractivity contribution in [1.82, 2.24) is 0 Å². The molecule has 1 saturated heterocycles. The second kappa shape index (κ2) is 7.22. The van der Waals surface area contributed by atoms with Crippen LogP contribution in [0.2, 0.25) is 0 Å². The maximum atomic E-state index is 11.3. The number of nitro groups is 1. The highest BCUT2D eigenvalue weighted by molar-refractivity contribution is 5.75. The van der Waals surface area contributed by atoms with E-state index in [9.17, 15) is 14.9 Å². The largest absolute Gasteiger partial charge is 0.381 e. The molecule has 0 saturated carbocycles. The van der Waals surface area contributed by atoms with Crippen LogP contribution in [0.4, 0.5) is 11.4 Å². The number of carbonyl (C=O) groups excluding carboxylic acids is 1. The van der Waals surface area contributed by atoms with Crippen LogP contribution in [0.5, 0.6) is 0 Å². The van der Waals surface area contributed by atoms with Gasteiger partial charge in [-0.05, 0) is 37.3 Å². The molecule has 0 aliphatic carbocycles. The van der Waals surface area contributed by atoms with Gasteiger partial charge in [-0.2, -0.15) is 0 Å². The molecule has 0 radical (unpaired) electrons. The van der Waals surface area contributed by atoms with E-state index >= 15 is 0 Å². The van der Waals surface area contributed by atoms with E-state index in [1.165, 1.54) is 6.07 Å². The molecule has 2 rings (SSSR count). The molecule has 1 aliphatic rings. The van der Waals surface area contributed by atoms with Crippen molar-refractivity contribution in [2.24, 2.45) is 11.7 Å². The van der Waals surface area contributed by atoms with E-state index in [2.05, 4.69) is 5.32 Å². The first-order valence-electron chi connectivity index (χ1n) is 7.35. The van der Waals surface area contributed by atoms with Crippen molar-refractivity contribution in [1.29, 1.82) is 0 Å². The van der Waals surface area contributed by atoms with Gasteiger partial charge in [0.25, 0.3) is 5.69 Å². The molecule has 0 unspecified atom stereocenters. The van der Waals surface area contributed by atoms with Gasteiger partial charge in [0.15, 0.2) is 0 Å². The van der Waals surface area contributed by atoms with Gasteiger partial charge in [-0.25, -0.2) is 0 Å². The van der Waals surface area contributed by atoms with Gasteiger partial charge in [-0.1, -0.05) is 6.07 Å². The van der Waals surface area contributed by atoms with Crippen LogP contribution in [0.25, 0.3) is 0 Å². The number of amides is 1. The van der Waals surface area contributed by atoms with Crippen LogP contribution >= 0.6 is 0 Å². The number of anilines is 1. The summed E-state index contributed by atoms with van der Waals surface area (Å²) in [5.41, 5.74) is 6.69. The second-order valence-corrected chi connectivity index (χ2v) is 5.65. The van der Waals surface area contributed by atoms with Crippen LogP contribution in [-0.4, -0.2) is 30.1 Å². The van der Waals surface area contributed by atoms with Crippen LogP contribution in [0.3, 0.4) is 0 Å². The minimum atomic E-state index is -0.424. The summed E-state index contributed by atoms with van der Waals surface area (Å²) in [6, 6.07) is 4.68. The molecule has 22 heavy (non-hydrogen) atoms. The van der Waals surface area contributed by atoms with Crippen LogP contribution in [0.1, 0.15) is 24.8 Å². The average Bonchev–Trinajstić information content (AvgIpc) is 2.47. The summed E-state index contributed by atoms with van der Waals surface area (Å²) >= 11 is 0. The quantitative estimate of drug-likeness (QED) is 0.617. The maximum Gasteiger partial charge on any atom is 0.292 e. The molecular formula is C15H21N3O4. The first-order chi connectivity index (χ1) is 10.5. The van der Waals surface area contributed by atoms with E-state index in [0.29, 0.717) is 18.9 Å². The highest BCUT2D eigenvalue weighted by Crippen LogP contribution is 2.30. The summed E-state index contributed by atoms with van der Waals surface area (Å²) in [4.78, 5) is 22.1. The number of ether oxygens (including phenoxy) is 1. The lowest BCUT2D eigenvalue weighted by Gasteiger charge is -2.31. The highest BCUT2D eigenvalue weighted by Gasteiger charge is 2.27. The van der Waals surface area contributed by atoms with Crippen LogP contribution in [-0.2, 0) is 9.53 Å². The van der Waals surface area contributed by atoms with Crippen molar-refractivity contribution < 1.29 is 14.5 Å². The number of nitro benzene ring substituents is 1. The number of nitrogens with two attached hydrogens (primary N) is 1. The Morgan fingerprint density at radius 3 is 2.77 bits per heavy atom. The van der Waals surface area contributed by atoms with E-state index in [0.717, 1.165) is 18.4 Å². The number of hydrogen-bond donors (Lipinski definition) is 2. The summed E-state index contributed by atoms with van der Waals surface area (Å²) in [6.07, 6.45) is 1.77. The van der Waals surface area contributed by atoms with Gasteiger partial charge in [0.2, 0.25) is 5.91 Å². The third-order valence-electron chi connectivity index (χ3n) is 3.95. The Hall–Kier alpha value is -2.15. The molecule has 0 aromatic heterocycles. The second-order valence-electron chi connectivity index (χ2n) is 5.65. The van der Waals surface area contributed by atoms with Crippen molar-refractivity contribution in [3.05, 3.63) is 33.9 Å². The van der Waals surface area contributed by atoms with Gasteiger partial charge < -0.3 is 15.8 Å². The fraction of sp³-hybridized carbons (Fsp3) is 0.533. The Morgan fingerprint density at radius 2 is 2.18 bits per heavy atom. The number of rotatable bonds is 6. The number of carbonyl (C=O) groups is 1. The summed E-state index contributed by atoms with van der Waals surface area (Å²) in [5.74, 6) is -0.208. The first-order valence-corrected chi connectivity index (χ1v) is 7.35. The first kappa shape index (κ1) is 16.2. The Morgan fingerprint density at radius 1 is 1.50 bits per heavy atom. The van der Waals surface area contributed by atoms with Crippen molar-refractivity contribution in [3.8, 4) is 0 Å². The predicted molar refractivity (Wildman–Crippen MR) is 82.6 cm³/mol. The summed E-state index contributed by atoms with van der Waals surface area (Å²) in [6.45, 7) is 3.14. The number of nitrogens with zero attached hydrogens (tertiary/aromatic N) is 1. The Labute approximate surface area is 129 Å². The molecule has 120 valence electrons. The molecule has 3 N–H and O–H groups in total. The molecule has 1 atom stereocenters. The fourth-order valence-corrected chi connectivity index (χ4v) is 2.79. The van der Waals surface area contributed by atoms with Crippen molar-refractivity contribution in [3.63, 3.8) is 0 Å². The molecule has 0 bridgehead atoms. The lowest BCUT2D eigenvalue weighted by Crippen LogP contribution is -2.37. The standard InChI is InChI=1S/C15H21N3O4/c1-10-2-3-14(18(20)21)13(8-10)17-12(9-15(16)19)11-4-6-22-7-5-11/h2-3,8,11-12,17H,4-7,9H2,1H3,(H2,16,19)/t12-/m1/s1. The number of aryl methyl sites for hydroxylation is 1. The number of primary amides is 1. The van der Waals surface area contributed by atoms with E-state index in [-0.39, 0.29) is 24.1 Å². The number of hydrogen-bond acceptors (Lipinski definition) is 5.